The molecule has 0 atom stereocenters. The molecule has 1 aromatic carbocycles. The molecule has 0 amide bonds. The molecule has 0 unspecified atom stereocenters. The summed E-state index contributed by atoms with van der Waals surface area (Å²) < 4.78 is 10.7. The van der Waals surface area contributed by atoms with Crippen LogP contribution < -0.4 is 0 Å². The number of carbonyl (C=O) groups is 3. The van der Waals surface area contributed by atoms with E-state index >= 15 is 0 Å². The van der Waals surface area contributed by atoms with E-state index in [1.165, 1.54) is 18.2 Å². The summed E-state index contributed by atoms with van der Waals surface area (Å²) in [7, 11) is 0. The van der Waals surface area contributed by atoms with Crippen LogP contribution in [0, 0.1) is 0 Å². The molecule has 0 heterocycles. The molecular formula is C21H30O7. The molecule has 28 heavy (non-hydrogen) atoms. The minimum absolute atomic E-state index is 0.0373. The normalized spacial score (nSPS) is 12.3. The summed E-state index contributed by atoms with van der Waals surface area (Å²) in [4.78, 5) is 47.3. The molecule has 0 bridgehead atoms. The van der Waals surface area contributed by atoms with E-state index in [2.05, 4.69) is 0 Å². The van der Waals surface area contributed by atoms with Gasteiger partial charge >= 0.3 is 17.9 Å². The van der Waals surface area contributed by atoms with Gasteiger partial charge in [0.25, 0.3) is 0 Å². The van der Waals surface area contributed by atoms with E-state index in [1.807, 2.05) is 0 Å². The number of hydrogen-bond acceptors (Lipinski definition) is 7. The van der Waals surface area contributed by atoms with Crippen LogP contribution in [0.5, 0.6) is 0 Å². The maximum atomic E-state index is 12.5. The molecule has 0 aliphatic heterocycles. The fourth-order valence-corrected chi connectivity index (χ4v) is 1.90. The highest BCUT2D eigenvalue weighted by Crippen LogP contribution is 2.21. The largest absolute Gasteiger partial charge is 0.456 e. The molecule has 1 aromatic rings. The summed E-state index contributed by atoms with van der Waals surface area (Å²) in [5, 5.41) is 0. The summed E-state index contributed by atoms with van der Waals surface area (Å²) in [5.74, 6) is -2.26. The number of rotatable bonds is 4. The lowest BCUT2D eigenvalue weighted by molar-refractivity contribution is -0.301. The van der Waals surface area contributed by atoms with Gasteiger partial charge in [0.2, 0.25) is 0 Å². The van der Waals surface area contributed by atoms with Gasteiger partial charge in [-0.15, -0.1) is 0 Å². The number of ether oxygens (including phenoxy) is 2. The number of benzene rings is 1. The molecule has 1 rings (SSSR count). The van der Waals surface area contributed by atoms with Crippen molar-refractivity contribution in [3.63, 3.8) is 0 Å². The summed E-state index contributed by atoms with van der Waals surface area (Å²) in [6.07, 6.45) is 0. The Bertz CT molecular complexity index is 743. The van der Waals surface area contributed by atoms with Crippen molar-refractivity contribution in [2.45, 2.75) is 79.1 Å². The van der Waals surface area contributed by atoms with Crippen LogP contribution in [0.3, 0.4) is 0 Å². The average Bonchev–Trinajstić information content (AvgIpc) is 2.47. The van der Waals surface area contributed by atoms with Gasteiger partial charge in [-0.25, -0.2) is 14.4 Å². The third kappa shape index (κ3) is 8.08. The summed E-state index contributed by atoms with van der Waals surface area (Å²) in [6.45, 7) is 15.4. The van der Waals surface area contributed by atoms with Gasteiger partial charge in [0.15, 0.2) is 0 Å². The van der Waals surface area contributed by atoms with Crippen molar-refractivity contribution in [2.24, 2.45) is 0 Å². The van der Waals surface area contributed by atoms with E-state index in [1.54, 1.807) is 62.3 Å². The molecule has 0 saturated heterocycles. The molecule has 0 fully saturated rings. The molecule has 0 saturated carbocycles. The van der Waals surface area contributed by atoms with E-state index in [0.29, 0.717) is 0 Å². The average molecular weight is 394 g/mol. The first kappa shape index (κ1) is 23.6. The van der Waals surface area contributed by atoms with Crippen LogP contribution in [0.2, 0.25) is 0 Å². The first-order valence-electron chi connectivity index (χ1n) is 8.99. The molecule has 0 spiro atoms. The molecule has 0 radical (unpaired) electrons. The lowest BCUT2D eigenvalue weighted by Crippen LogP contribution is -2.27. The second kappa shape index (κ2) is 8.31. The highest BCUT2D eigenvalue weighted by atomic mass is 17.2. The first-order chi connectivity index (χ1) is 12.5. The van der Waals surface area contributed by atoms with Crippen LogP contribution in [0.15, 0.2) is 18.2 Å². The van der Waals surface area contributed by atoms with Gasteiger partial charge in [-0.1, -0.05) is 0 Å². The van der Waals surface area contributed by atoms with E-state index in [0.717, 1.165) is 0 Å². The summed E-state index contributed by atoms with van der Waals surface area (Å²) in [6, 6.07) is 3.97. The lowest BCUT2D eigenvalue weighted by atomic mass is 10.0. The maximum absolute atomic E-state index is 12.5. The van der Waals surface area contributed by atoms with E-state index in [9.17, 15) is 14.4 Å². The Morgan fingerprint density at radius 1 is 0.643 bits per heavy atom. The van der Waals surface area contributed by atoms with Gasteiger partial charge < -0.3 is 9.47 Å². The lowest BCUT2D eigenvalue weighted by Gasteiger charge is -2.22. The first-order valence-corrected chi connectivity index (χ1v) is 8.99. The molecule has 0 aromatic heterocycles. The van der Waals surface area contributed by atoms with Gasteiger partial charge in [-0.2, -0.15) is 4.89 Å². The van der Waals surface area contributed by atoms with Crippen molar-refractivity contribution in [2.75, 3.05) is 0 Å². The number of esters is 2. The van der Waals surface area contributed by atoms with E-state index in [-0.39, 0.29) is 16.7 Å². The Hall–Kier alpha value is -2.41. The van der Waals surface area contributed by atoms with Gasteiger partial charge in [0.05, 0.1) is 16.7 Å². The summed E-state index contributed by atoms with van der Waals surface area (Å²) >= 11 is 0. The Morgan fingerprint density at radius 3 is 1.61 bits per heavy atom. The molecule has 156 valence electrons. The Morgan fingerprint density at radius 2 is 1.14 bits per heavy atom. The molecule has 7 nitrogen and oxygen atoms in total. The monoisotopic (exact) mass is 394 g/mol. The van der Waals surface area contributed by atoms with Gasteiger partial charge in [-0.3, -0.25) is 4.89 Å². The van der Waals surface area contributed by atoms with Gasteiger partial charge in [0.1, 0.15) is 16.8 Å². The minimum Gasteiger partial charge on any atom is -0.456 e. The predicted octanol–water partition coefficient (Wildman–Crippen LogP) is 4.48. The molecule has 0 N–H and O–H groups in total. The Balaban J connectivity index is 3.30. The van der Waals surface area contributed by atoms with Gasteiger partial charge in [-0.05, 0) is 80.5 Å². The molecule has 0 aliphatic carbocycles. The minimum atomic E-state index is -0.916. The van der Waals surface area contributed by atoms with Crippen molar-refractivity contribution < 1.29 is 33.6 Å². The third-order valence-electron chi connectivity index (χ3n) is 2.86. The molecule has 0 aliphatic rings. The second-order valence-corrected chi connectivity index (χ2v) is 9.33. The van der Waals surface area contributed by atoms with Crippen molar-refractivity contribution in [1.82, 2.24) is 0 Å². The van der Waals surface area contributed by atoms with Crippen LogP contribution in [-0.2, 0) is 19.2 Å². The zero-order valence-electron chi connectivity index (χ0n) is 18.1. The van der Waals surface area contributed by atoms with E-state index < -0.39 is 34.7 Å². The third-order valence-corrected chi connectivity index (χ3v) is 2.86. The Labute approximate surface area is 166 Å². The SMILES string of the molecule is CC(C)(C)OOC(=O)c1cc(C(=O)OC(C)(C)C)ccc1C(=O)OC(C)(C)C. The maximum Gasteiger partial charge on any atom is 0.374 e. The van der Waals surface area contributed by atoms with Crippen LogP contribution in [0.4, 0.5) is 0 Å². The molecule has 7 heteroatoms. The predicted molar refractivity (Wildman–Crippen MR) is 103 cm³/mol. The topological polar surface area (TPSA) is 88.1 Å². The number of carbonyl (C=O) groups excluding carboxylic acids is 3. The zero-order chi connectivity index (χ0) is 21.9. The zero-order valence-corrected chi connectivity index (χ0v) is 18.1. The van der Waals surface area contributed by atoms with Crippen molar-refractivity contribution in [1.29, 1.82) is 0 Å². The van der Waals surface area contributed by atoms with Crippen LogP contribution in [0.1, 0.15) is 93.4 Å². The fourth-order valence-electron chi connectivity index (χ4n) is 1.90. The van der Waals surface area contributed by atoms with E-state index in [4.69, 9.17) is 19.2 Å². The Kier molecular flexibility index (Phi) is 7.01. The highest BCUT2D eigenvalue weighted by Gasteiger charge is 2.28. The highest BCUT2D eigenvalue weighted by molar-refractivity contribution is 6.05. The van der Waals surface area contributed by atoms with Crippen molar-refractivity contribution in [3.8, 4) is 0 Å². The summed E-state index contributed by atoms with van der Waals surface area (Å²) in [5.41, 5.74) is -2.30. The van der Waals surface area contributed by atoms with Gasteiger partial charge in [0, 0.05) is 0 Å². The van der Waals surface area contributed by atoms with Crippen LogP contribution in [0.25, 0.3) is 0 Å². The van der Waals surface area contributed by atoms with Crippen LogP contribution >= 0.6 is 0 Å². The van der Waals surface area contributed by atoms with Crippen molar-refractivity contribution in [3.05, 3.63) is 34.9 Å². The quantitative estimate of drug-likeness (QED) is 0.422. The standard InChI is InChI=1S/C21H30O7/c1-19(2,3)25-16(22)13-10-11-14(17(23)26-20(4,5)6)15(12-13)18(24)27-28-21(7,8)9/h10-12H,1-9H3. The second-order valence-electron chi connectivity index (χ2n) is 9.33. The van der Waals surface area contributed by atoms with Crippen LogP contribution in [-0.4, -0.2) is 34.7 Å². The smallest absolute Gasteiger partial charge is 0.374 e. The van der Waals surface area contributed by atoms with Crippen molar-refractivity contribution >= 4 is 17.9 Å². The number of hydrogen-bond donors (Lipinski definition) is 0. The molecular weight excluding hydrogens is 364 g/mol. The fraction of sp³-hybridized carbons (Fsp3) is 0.571.